The number of sulfonamides is 1. The molecule has 1 aromatic carbocycles. The van der Waals surface area contributed by atoms with Crippen LogP contribution in [-0.4, -0.2) is 39.4 Å². The summed E-state index contributed by atoms with van der Waals surface area (Å²) in [6.07, 6.45) is 2.03. The highest BCUT2D eigenvalue weighted by atomic mass is 32.2. The average Bonchev–Trinajstić information content (AvgIpc) is 2.47. The Morgan fingerprint density at radius 2 is 1.86 bits per heavy atom. The zero-order chi connectivity index (χ0) is 16.4. The standard InChI is InChI=1S/C17H28N2O2S/c1-17(2,3)15-7-9-16(10-8-15)22(20,21)19-11-5-6-14(13-19)12-18-4/h7-10,14,18H,5-6,11-13H2,1-4H3. The van der Waals surface area contributed by atoms with E-state index in [9.17, 15) is 8.42 Å². The van der Waals surface area contributed by atoms with E-state index in [0.29, 0.717) is 23.9 Å². The van der Waals surface area contributed by atoms with Crippen molar-refractivity contribution in [2.45, 2.75) is 43.9 Å². The van der Waals surface area contributed by atoms with Crippen molar-refractivity contribution in [2.75, 3.05) is 26.7 Å². The second kappa shape index (κ2) is 6.69. The van der Waals surface area contributed by atoms with Crippen molar-refractivity contribution in [3.05, 3.63) is 29.8 Å². The maximum Gasteiger partial charge on any atom is 0.243 e. The molecule has 0 aliphatic carbocycles. The maximum atomic E-state index is 12.8. The minimum absolute atomic E-state index is 0.0330. The fourth-order valence-corrected chi connectivity index (χ4v) is 4.53. The van der Waals surface area contributed by atoms with Crippen molar-refractivity contribution in [1.82, 2.24) is 9.62 Å². The highest BCUT2D eigenvalue weighted by Crippen LogP contribution is 2.26. The van der Waals surface area contributed by atoms with Gasteiger partial charge in [-0.1, -0.05) is 32.9 Å². The molecule has 1 unspecified atom stereocenters. The van der Waals surface area contributed by atoms with Gasteiger partial charge in [0.05, 0.1) is 4.90 Å². The Morgan fingerprint density at radius 3 is 2.41 bits per heavy atom. The third-order valence-electron chi connectivity index (χ3n) is 4.33. The lowest BCUT2D eigenvalue weighted by Gasteiger charge is -2.32. The molecule has 1 aliphatic heterocycles. The van der Waals surface area contributed by atoms with Gasteiger partial charge in [0.25, 0.3) is 0 Å². The second-order valence-corrected chi connectivity index (χ2v) is 9.14. The van der Waals surface area contributed by atoms with Gasteiger partial charge in [0.2, 0.25) is 10.0 Å². The summed E-state index contributed by atoms with van der Waals surface area (Å²) in [5, 5.41) is 3.15. The van der Waals surface area contributed by atoms with Crippen molar-refractivity contribution in [2.24, 2.45) is 5.92 Å². The van der Waals surface area contributed by atoms with E-state index in [1.54, 1.807) is 16.4 Å². The number of hydrogen-bond donors (Lipinski definition) is 1. The van der Waals surface area contributed by atoms with Crippen LogP contribution in [-0.2, 0) is 15.4 Å². The molecular formula is C17H28N2O2S. The Hall–Kier alpha value is -0.910. The van der Waals surface area contributed by atoms with Crippen LogP contribution < -0.4 is 5.32 Å². The quantitative estimate of drug-likeness (QED) is 0.926. The van der Waals surface area contributed by atoms with E-state index in [0.717, 1.165) is 24.9 Å². The first-order valence-electron chi connectivity index (χ1n) is 8.00. The van der Waals surface area contributed by atoms with Gasteiger partial charge in [-0.25, -0.2) is 8.42 Å². The van der Waals surface area contributed by atoms with Gasteiger partial charge < -0.3 is 5.32 Å². The highest BCUT2D eigenvalue weighted by molar-refractivity contribution is 7.89. The first-order valence-corrected chi connectivity index (χ1v) is 9.44. The lowest BCUT2D eigenvalue weighted by Crippen LogP contribution is -2.42. The molecule has 1 atom stereocenters. The largest absolute Gasteiger partial charge is 0.319 e. The fourth-order valence-electron chi connectivity index (χ4n) is 2.98. The molecule has 1 aromatic rings. The molecule has 2 rings (SSSR count). The Labute approximate surface area is 135 Å². The van der Waals surface area contributed by atoms with Gasteiger partial charge in [0.15, 0.2) is 0 Å². The predicted octanol–water partition coefficient (Wildman–Crippen LogP) is 2.60. The van der Waals surface area contributed by atoms with Crippen molar-refractivity contribution >= 4 is 10.0 Å². The number of benzene rings is 1. The molecule has 1 aliphatic rings. The summed E-state index contributed by atoms with van der Waals surface area (Å²) in [6, 6.07) is 7.36. The molecule has 0 bridgehead atoms. The summed E-state index contributed by atoms with van der Waals surface area (Å²) in [6.45, 7) is 8.50. The number of hydrogen-bond acceptors (Lipinski definition) is 3. The third kappa shape index (κ3) is 3.89. The van der Waals surface area contributed by atoms with Gasteiger partial charge >= 0.3 is 0 Å². The van der Waals surface area contributed by atoms with E-state index < -0.39 is 10.0 Å². The van der Waals surface area contributed by atoms with E-state index in [1.165, 1.54) is 0 Å². The molecule has 1 heterocycles. The minimum atomic E-state index is -3.37. The van der Waals surface area contributed by atoms with Gasteiger partial charge in [-0.2, -0.15) is 4.31 Å². The zero-order valence-electron chi connectivity index (χ0n) is 14.1. The molecule has 124 valence electrons. The number of nitrogens with zero attached hydrogens (tertiary/aromatic N) is 1. The van der Waals surface area contributed by atoms with Crippen LogP contribution in [0.25, 0.3) is 0 Å². The highest BCUT2D eigenvalue weighted by Gasteiger charge is 2.30. The van der Waals surface area contributed by atoms with E-state index in [1.807, 2.05) is 19.2 Å². The normalized spacial score (nSPS) is 21.0. The number of piperidine rings is 1. The van der Waals surface area contributed by atoms with Crippen LogP contribution >= 0.6 is 0 Å². The van der Waals surface area contributed by atoms with Crippen LogP contribution in [0.5, 0.6) is 0 Å². The summed E-state index contributed by atoms with van der Waals surface area (Å²) < 4.78 is 27.3. The predicted molar refractivity (Wildman–Crippen MR) is 90.6 cm³/mol. The molecule has 0 spiro atoms. The molecule has 5 heteroatoms. The summed E-state index contributed by atoms with van der Waals surface area (Å²) in [5.74, 6) is 0.405. The lowest BCUT2D eigenvalue weighted by atomic mass is 9.87. The first-order chi connectivity index (χ1) is 10.2. The van der Waals surface area contributed by atoms with Crippen LogP contribution in [0.3, 0.4) is 0 Å². The number of nitrogens with one attached hydrogen (secondary N) is 1. The van der Waals surface area contributed by atoms with Gasteiger partial charge in [-0.15, -0.1) is 0 Å². The molecule has 1 N–H and O–H groups in total. The molecule has 0 aromatic heterocycles. The van der Waals surface area contributed by atoms with Crippen LogP contribution in [0.1, 0.15) is 39.2 Å². The first kappa shape index (κ1) is 17.4. The molecule has 0 saturated carbocycles. The van der Waals surface area contributed by atoms with Crippen LogP contribution in [0.2, 0.25) is 0 Å². The summed E-state index contributed by atoms with van der Waals surface area (Å²) in [4.78, 5) is 0.408. The molecule has 1 fully saturated rings. The summed E-state index contributed by atoms with van der Waals surface area (Å²) in [5.41, 5.74) is 1.18. The average molecular weight is 324 g/mol. The molecule has 0 radical (unpaired) electrons. The number of rotatable bonds is 4. The summed E-state index contributed by atoms with van der Waals surface area (Å²) >= 11 is 0. The van der Waals surface area contributed by atoms with Crippen molar-refractivity contribution in [3.8, 4) is 0 Å². The Kier molecular flexibility index (Phi) is 5.30. The molecule has 0 amide bonds. The lowest BCUT2D eigenvalue weighted by molar-refractivity contribution is 0.263. The van der Waals surface area contributed by atoms with Gasteiger partial charge in [0, 0.05) is 13.1 Å². The third-order valence-corrected chi connectivity index (χ3v) is 6.21. The van der Waals surface area contributed by atoms with E-state index in [2.05, 4.69) is 26.1 Å². The summed E-state index contributed by atoms with van der Waals surface area (Å²) in [7, 11) is -1.45. The van der Waals surface area contributed by atoms with Crippen molar-refractivity contribution < 1.29 is 8.42 Å². The Bertz CT molecular complexity index is 586. The minimum Gasteiger partial charge on any atom is -0.319 e. The fraction of sp³-hybridized carbons (Fsp3) is 0.647. The second-order valence-electron chi connectivity index (χ2n) is 7.20. The van der Waals surface area contributed by atoms with Crippen LogP contribution in [0, 0.1) is 5.92 Å². The van der Waals surface area contributed by atoms with Gasteiger partial charge in [-0.05, 0) is 55.5 Å². The van der Waals surface area contributed by atoms with Crippen LogP contribution in [0.4, 0.5) is 0 Å². The smallest absolute Gasteiger partial charge is 0.243 e. The van der Waals surface area contributed by atoms with Crippen molar-refractivity contribution in [3.63, 3.8) is 0 Å². The SMILES string of the molecule is CNCC1CCCN(S(=O)(=O)c2ccc(C(C)(C)C)cc2)C1. The van der Waals surface area contributed by atoms with E-state index in [4.69, 9.17) is 0 Å². The molecule has 22 heavy (non-hydrogen) atoms. The van der Waals surface area contributed by atoms with Crippen LogP contribution in [0.15, 0.2) is 29.2 Å². The van der Waals surface area contributed by atoms with Gasteiger partial charge in [0.1, 0.15) is 0 Å². The monoisotopic (exact) mass is 324 g/mol. The van der Waals surface area contributed by atoms with E-state index >= 15 is 0 Å². The molecule has 4 nitrogen and oxygen atoms in total. The van der Waals surface area contributed by atoms with E-state index in [-0.39, 0.29) is 5.41 Å². The van der Waals surface area contributed by atoms with Crippen molar-refractivity contribution in [1.29, 1.82) is 0 Å². The Balaban J connectivity index is 2.19. The Morgan fingerprint density at radius 1 is 1.23 bits per heavy atom. The topological polar surface area (TPSA) is 49.4 Å². The van der Waals surface area contributed by atoms with Gasteiger partial charge in [-0.3, -0.25) is 0 Å². The molecule has 1 saturated heterocycles. The zero-order valence-corrected chi connectivity index (χ0v) is 14.9. The maximum absolute atomic E-state index is 12.8. The molecular weight excluding hydrogens is 296 g/mol.